The number of carboxylic acid groups (broad SMARTS) is 4. The lowest BCUT2D eigenvalue weighted by Crippen LogP contribution is -2.32. The Morgan fingerprint density at radius 3 is 0.900 bits per heavy atom. The molecule has 0 spiro atoms. The van der Waals surface area contributed by atoms with E-state index in [4.69, 9.17) is 0 Å². The third-order valence-corrected chi connectivity index (χ3v) is 7.03. The lowest BCUT2D eigenvalue weighted by atomic mass is 10.8. The molecule has 0 radical (unpaired) electrons. The summed E-state index contributed by atoms with van der Waals surface area (Å²) in [6, 6.07) is 0. The molecule has 0 bridgehead atoms. The number of carbonyl (C=O) groups excluding carboxylic acids is 4. The van der Waals surface area contributed by atoms with Crippen LogP contribution in [0.5, 0.6) is 0 Å². The van der Waals surface area contributed by atoms with Gasteiger partial charge in [0.15, 0.2) is 0 Å². The van der Waals surface area contributed by atoms with Gasteiger partial charge in [-0.3, -0.25) is 0 Å². The molecule has 20 heavy (non-hydrogen) atoms. The first-order valence-corrected chi connectivity index (χ1v) is 9.24. The number of hydrogen-bond donors (Lipinski definition) is 0. The minimum atomic E-state index is -1.46. The van der Waals surface area contributed by atoms with Crippen LogP contribution >= 0.6 is 15.8 Å². The Labute approximate surface area is 117 Å². The van der Waals surface area contributed by atoms with Crippen LogP contribution in [0.4, 0.5) is 0 Å². The molecule has 0 unspecified atom stereocenters. The average Bonchev–Trinajstić information content (AvgIpc) is 2.22. The van der Waals surface area contributed by atoms with Crippen LogP contribution in [0.2, 0.25) is 0 Å². The van der Waals surface area contributed by atoms with E-state index in [0.717, 1.165) is 0 Å². The van der Waals surface area contributed by atoms with Crippen molar-refractivity contribution in [2.75, 3.05) is 37.0 Å². The van der Waals surface area contributed by atoms with E-state index in [1.54, 1.807) is 0 Å². The van der Waals surface area contributed by atoms with Gasteiger partial charge in [-0.1, -0.05) is 15.8 Å². The highest BCUT2D eigenvalue weighted by molar-refractivity contribution is 7.63. The van der Waals surface area contributed by atoms with Gasteiger partial charge in [-0.05, 0) is 12.3 Å². The maximum atomic E-state index is 10.5. The Balaban J connectivity index is 4.49. The van der Waals surface area contributed by atoms with Crippen LogP contribution in [-0.2, 0) is 19.2 Å². The highest BCUT2D eigenvalue weighted by atomic mass is 31.1. The molecule has 0 atom stereocenters. The van der Waals surface area contributed by atoms with Crippen LogP contribution < -0.4 is 20.4 Å². The summed E-state index contributed by atoms with van der Waals surface area (Å²) in [5.41, 5.74) is 0. The largest absolute Gasteiger partial charge is 0.550 e. The van der Waals surface area contributed by atoms with Gasteiger partial charge < -0.3 is 39.6 Å². The van der Waals surface area contributed by atoms with E-state index < -0.39 is 64.4 Å². The lowest BCUT2D eigenvalue weighted by Gasteiger charge is -2.23. The van der Waals surface area contributed by atoms with E-state index in [-0.39, 0.29) is 12.3 Å². The molecule has 10 heteroatoms. The normalized spacial score (nSPS) is 10.7. The molecule has 0 aliphatic heterocycles. The van der Waals surface area contributed by atoms with Gasteiger partial charge in [-0.15, -0.1) is 0 Å². The molecule has 0 fully saturated rings. The van der Waals surface area contributed by atoms with Gasteiger partial charge in [-0.2, -0.15) is 0 Å². The van der Waals surface area contributed by atoms with Crippen LogP contribution in [0, 0.1) is 0 Å². The summed E-state index contributed by atoms with van der Waals surface area (Å²) in [7, 11) is -2.91. The Hall–Kier alpha value is -1.26. The molecule has 0 amide bonds. The van der Waals surface area contributed by atoms with E-state index >= 15 is 0 Å². The Morgan fingerprint density at radius 1 is 0.550 bits per heavy atom. The molecule has 0 N–H and O–H groups in total. The number of carboxylic acids is 4. The quantitative estimate of drug-likeness (QED) is 0.341. The van der Waals surface area contributed by atoms with Gasteiger partial charge >= 0.3 is 0 Å². The molecule has 8 nitrogen and oxygen atoms in total. The van der Waals surface area contributed by atoms with Crippen LogP contribution in [0.3, 0.4) is 0 Å². The van der Waals surface area contributed by atoms with Crippen molar-refractivity contribution in [3.63, 3.8) is 0 Å². The number of hydrogen-bond acceptors (Lipinski definition) is 8. The van der Waals surface area contributed by atoms with Crippen molar-refractivity contribution in [1.29, 1.82) is 0 Å². The summed E-state index contributed by atoms with van der Waals surface area (Å²) in [6.07, 6.45) is -1.51. The minimum Gasteiger partial charge on any atom is -0.550 e. The Morgan fingerprint density at radius 2 is 0.750 bits per heavy atom. The fourth-order valence-corrected chi connectivity index (χ4v) is 6.02. The van der Waals surface area contributed by atoms with E-state index in [2.05, 4.69) is 0 Å². The third kappa shape index (κ3) is 10.6. The molecular weight excluding hydrogens is 310 g/mol. The highest BCUT2D eigenvalue weighted by Gasteiger charge is 2.14. The second-order valence-electron chi connectivity index (χ2n) is 3.91. The van der Waals surface area contributed by atoms with Gasteiger partial charge in [-0.25, -0.2) is 0 Å². The van der Waals surface area contributed by atoms with Crippen molar-refractivity contribution in [2.24, 2.45) is 0 Å². The molecule has 0 aromatic heterocycles. The van der Waals surface area contributed by atoms with Crippen molar-refractivity contribution in [1.82, 2.24) is 0 Å². The molecule has 114 valence electrons. The van der Waals surface area contributed by atoms with Crippen LogP contribution in [-0.4, -0.2) is 60.8 Å². The highest BCUT2D eigenvalue weighted by Crippen LogP contribution is 2.42. The van der Waals surface area contributed by atoms with Crippen molar-refractivity contribution in [3.8, 4) is 0 Å². The Kier molecular flexibility index (Phi) is 9.01. The second kappa shape index (κ2) is 9.61. The maximum Gasteiger partial charge on any atom is 0.0457 e. The van der Waals surface area contributed by atoms with Crippen molar-refractivity contribution >= 4 is 39.7 Å². The van der Waals surface area contributed by atoms with Gasteiger partial charge in [0, 0.05) is 48.5 Å². The van der Waals surface area contributed by atoms with Crippen LogP contribution in [0.15, 0.2) is 0 Å². The topological polar surface area (TPSA) is 161 Å². The molecule has 0 aromatic rings. The predicted octanol–water partition coefficient (Wildman–Crippen LogP) is -5.05. The minimum absolute atomic E-state index is 0.129. The molecule has 0 aliphatic rings. The van der Waals surface area contributed by atoms with Gasteiger partial charge in [0.1, 0.15) is 0 Å². The van der Waals surface area contributed by atoms with Crippen LogP contribution in [0.1, 0.15) is 0 Å². The zero-order valence-electron chi connectivity index (χ0n) is 10.4. The zero-order valence-corrected chi connectivity index (χ0v) is 12.2. The number of rotatable bonds is 11. The maximum absolute atomic E-state index is 10.5. The summed E-state index contributed by atoms with van der Waals surface area (Å²) in [4.78, 5) is 41.9. The van der Waals surface area contributed by atoms with Gasteiger partial charge in [0.05, 0.1) is 0 Å². The van der Waals surface area contributed by atoms with E-state index in [9.17, 15) is 39.6 Å². The van der Waals surface area contributed by atoms with Gasteiger partial charge in [0.25, 0.3) is 0 Å². The standard InChI is InChI=1S/C10H16O8P2/c11-7(12)3-19(4-8(13)14)1-2-20(5-9(15)16)6-10(17)18/h1-6H2,(H,11,12)(H,13,14)(H,15,16)(H,17,18)/p-4. The van der Waals surface area contributed by atoms with Gasteiger partial charge in [0.2, 0.25) is 0 Å². The molecule has 0 saturated carbocycles. The zero-order chi connectivity index (χ0) is 15.7. The summed E-state index contributed by atoms with van der Waals surface area (Å²) in [5, 5.41) is 41.9. The third-order valence-electron chi connectivity index (χ3n) is 2.14. The van der Waals surface area contributed by atoms with Crippen molar-refractivity contribution in [2.45, 2.75) is 0 Å². The fourth-order valence-electron chi connectivity index (χ4n) is 1.44. The lowest BCUT2D eigenvalue weighted by molar-refractivity contribution is -0.303. The summed E-state index contributed by atoms with van der Waals surface area (Å²) in [5.74, 6) is -5.61. The summed E-state index contributed by atoms with van der Waals surface area (Å²) >= 11 is 0. The van der Waals surface area contributed by atoms with E-state index in [1.165, 1.54) is 0 Å². The first-order valence-electron chi connectivity index (χ1n) is 5.44. The predicted molar refractivity (Wildman–Crippen MR) is 63.1 cm³/mol. The SMILES string of the molecule is O=C([O-])CP(CCP(CC(=O)[O-])CC(=O)[O-])CC(=O)[O-]. The molecule has 0 rings (SSSR count). The van der Waals surface area contributed by atoms with E-state index in [1.807, 2.05) is 0 Å². The van der Waals surface area contributed by atoms with Crippen LogP contribution in [0.25, 0.3) is 0 Å². The average molecular weight is 322 g/mol. The van der Waals surface area contributed by atoms with Crippen molar-refractivity contribution in [3.05, 3.63) is 0 Å². The van der Waals surface area contributed by atoms with E-state index in [0.29, 0.717) is 0 Å². The smallest absolute Gasteiger partial charge is 0.0457 e. The second-order valence-corrected chi connectivity index (χ2v) is 8.75. The first-order chi connectivity index (χ1) is 9.20. The molecule has 0 aromatic carbocycles. The van der Waals surface area contributed by atoms with Crippen molar-refractivity contribution < 1.29 is 39.6 Å². The number of aliphatic carboxylic acids is 4. The first kappa shape index (κ1) is 18.7. The fraction of sp³-hybridized carbons (Fsp3) is 0.600. The number of carbonyl (C=O) groups is 4. The summed E-state index contributed by atoms with van der Waals surface area (Å²) < 4.78 is 0. The monoisotopic (exact) mass is 322 g/mol. The molecular formula is C10H12O8P2-4. The molecule has 0 aliphatic carbocycles. The molecule has 0 saturated heterocycles. The molecule has 0 heterocycles. The summed E-state index contributed by atoms with van der Waals surface area (Å²) in [6.45, 7) is 0. The Bertz CT molecular complexity index is 315.